The topological polar surface area (TPSA) is 63.7 Å². The first-order valence-electron chi connectivity index (χ1n) is 9.24. The van der Waals surface area contributed by atoms with Crippen LogP contribution in [0.25, 0.3) is 0 Å². The minimum atomic E-state index is 0.0977. The van der Waals surface area contributed by atoms with E-state index in [1.165, 1.54) is 0 Å². The molecule has 0 bridgehead atoms. The third kappa shape index (κ3) is 5.49. The zero-order valence-corrected chi connectivity index (χ0v) is 15.0. The van der Waals surface area contributed by atoms with Crippen molar-refractivity contribution in [2.45, 2.75) is 31.8 Å². The fourth-order valence-electron chi connectivity index (χ4n) is 3.90. The number of hydrogen-bond donors (Lipinski definition) is 1. The van der Waals surface area contributed by atoms with Gasteiger partial charge in [0.1, 0.15) is 0 Å². The van der Waals surface area contributed by atoms with E-state index >= 15 is 0 Å². The summed E-state index contributed by atoms with van der Waals surface area (Å²) in [4.78, 5) is 18.6. The lowest BCUT2D eigenvalue weighted by Crippen LogP contribution is -2.50. The maximum absolute atomic E-state index is 12.5. The smallest absolute Gasteiger partial charge is 0.234 e. The van der Waals surface area contributed by atoms with E-state index in [1.54, 1.807) is 12.4 Å². The molecule has 3 heterocycles. The molecular weight excluding hydrogens is 318 g/mol. The summed E-state index contributed by atoms with van der Waals surface area (Å²) in [7, 11) is 1.97. The number of aromatic nitrogens is 1. The van der Waals surface area contributed by atoms with Gasteiger partial charge in [0.15, 0.2) is 0 Å². The van der Waals surface area contributed by atoms with Crippen LogP contribution in [0.2, 0.25) is 0 Å². The first kappa shape index (κ1) is 18.3. The predicted molar refractivity (Wildman–Crippen MR) is 95.0 cm³/mol. The van der Waals surface area contributed by atoms with E-state index in [0.717, 1.165) is 57.8 Å². The molecule has 0 aliphatic carbocycles. The summed E-state index contributed by atoms with van der Waals surface area (Å²) < 4.78 is 11.2. The molecule has 2 fully saturated rings. The van der Waals surface area contributed by atoms with Gasteiger partial charge < -0.3 is 14.8 Å². The number of carbonyl (C=O) groups excluding carboxylic acids is 1. The summed E-state index contributed by atoms with van der Waals surface area (Å²) in [5, 5.41) is 3.27. The Labute approximate surface area is 149 Å². The van der Waals surface area contributed by atoms with Crippen molar-refractivity contribution in [2.75, 3.05) is 40.0 Å². The summed E-state index contributed by atoms with van der Waals surface area (Å²) >= 11 is 0. The number of amides is 1. The lowest BCUT2D eigenvalue weighted by atomic mass is 9.79. The number of nitrogens with zero attached hydrogens (tertiary/aromatic N) is 2. The van der Waals surface area contributed by atoms with Gasteiger partial charge in [0.2, 0.25) is 5.91 Å². The van der Waals surface area contributed by atoms with E-state index in [0.29, 0.717) is 18.4 Å². The second-order valence-electron chi connectivity index (χ2n) is 7.18. The first-order chi connectivity index (χ1) is 12.2. The number of hydrogen-bond acceptors (Lipinski definition) is 5. The van der Waals surface area contributed by atoms with Crippen LogP contribution in [0.5, 0.6) is 0 Å². The van der Waals surface area contributed by atoms with Crippen molar-refractivity contribution >= 4 is 5.91 Å². The van der Waals surface area contributed by atoms with Crippen molar-refractivity contribution in [3.8, 4) is 0 Å². The van der Waals surface area contributed by atoms with Gasteiger partial charge in [0, 0.05) is 50.7 Å². The normalized spacial score (nSPS) is 25.0. The van der Waals surface area contributed by atoms with Gasteiger partial charge >= 0.3 is 0 Å². The monoisotopic (exact) mass is 347 g/mol. The standard InChI is InChI=1S/C19H29N3O3/c1-22(12-15-2-7-20-8-3-15)13-19(23)21-18-6-11-25-14-17(18)16-4-9-24-10-5-16/h2-3,7-8,16-18H,4-6,9-14H2,1H3,(H,21,23)/t17-,18-/m1/s1. The van der Waals surface area contributed by atoms with Gasteiger partial charge in [-0.1, -0.05) is 0 Å². The molecule has 1 N–H and O–H groups in total. The highest BCUT2D eigenvalue weighted by Crippen LogP contribution is 2.30. The van der Waals surface area contributed by atoms with E-state index in [4.69, 9.17) is 9.47 Å². The van der Waals surface area contributed by atoms with Crippen molar-refractivity contribution in [1.29, 1.82) is 0 Å². The molecule has 3 rings (SSSR count). The molecule has 6 nitrogen and oxygen atoms in total. The number of pyridine rings is 1. The predicted octanol–water partition coefficient (Wildman–Crippen LogP) is 1.46. The SMILES string of the molecule is CN(CC(=O)N[C@@H]1CCOC[C@@H]1C1CCOCC1)Cc1ccncc1. The summed E-state index contributed by atoms with van der Waals surface area (Å²) in [5.74, 6) is 1.10. The molecule has 25 heavy (non-hydrogen) atoms. The lowest BCUT2D eigenvalue weighted by Gasteiger charge is -2.39. The quantitative estimate of drug-likeness (QED) is 0.844. The highest BCUT2D eigenvalue weighted by atomic mass is 16.5. The Balaban J connectivity index is 1.49. The van der Waals surface area contributed by atoms with Crippen LogP contribution in [0.3, 0.4) is 0 Å². The van der Waals surface area contributed by atoms with Crippen LogP contribution in [0.15, 0.2) is 24.5 Å². The van der Waals surface area contributed by atoms with Crippen molar-refractivity contribution in [3.05, 3.63) is 30.1 Å². The van der Waals surface area contributed by atoms with E-state index in [9.17, 15) is 4.79 Å². The van der Waals surface area contributed by atoms with Gasteiger partial charge in [-0.3, -0.25) is 14.7 Å². The molecule has 2 aliphatic rings. The van der Waals surface area contributed by atoms with Crippen LogP contribution in [0.1, 0.15) is 24.8 Å². The number of likely N-dealkylation sites (N-methyl/N-ethyl adjacent to an activating group) is 1. The molecule has 0 aromatic carbocycles. The molecule has 1 amide bonds. The summed E-state index contributed by atoms with van der Waals surface area (Å²) in [5.41, 5.74) is 1.16. The third-order valence-corrected chi connectivity index (χ3v) is 5.23. The molecule has 0 saturated carbocycles. The minimum absolute atomic E-state index is 0.0977. The summed E-state index contributed by atoms with van der Waals surface area (Å²) in [6, 6.07) is 4.18. The molecule has 0 radical (unpaired) electrons. The summed E-state index contributed by atoms with van der Waals surface area (Å²) in [6.07, 6.45) is 6.61. The zero-order valence-electron chi connectivity index (χ0n) is 15.0. The van der Waals surface area contributed by atoms with Crippen molar-refractivity contribution < 1.29 is 14.3 Å². The molecule has 1 aromatic heterocycles. The Kier molecular flexibility index (Phi) is 6.78. The second-order valence-corrected chi connectivity index (χ2v) is 7.18. The van der Waals surface area contributed by atoms with Gasteiger partial charge in [-0.25, -0.2) is 0 Å². The summed E-state index contributed by atoms with van der Waals surface area (Å²) in [6.45, 7) is 4.29. The van der Waals surface area contributed by atoms with Crippen LogP contribution in [-0.2, 0) is 20.8 Å². The van der Waals surface area contributed by atoms with Crippen LogP contribution in [0.4, 0.5) is 0 Å². The zero-order chi connectivity index (χ0) is 17.5. The van der Waals surface area contributed by atoms with Crippen molar-refractivity contribution in [1.82, 2.24) is 15.2 Å². The van der Waals surface area contributed by atoms with Crippen LogP contribution in [-0.4, -0.2) is 61.9 Å². The molecular formula is C19H29N3O3. The fraction of sp³-hybridized carbons (Fsp3) is 0.684. The lowest BCUT2D eigenvalue weighted by molar-refractivity contribution is -0.124. The van der Waals surface area contributed by atoms with Gasteiger partial charge in [-0.15, -0.1) is 0 Å². The maximum Gasteiger partial charge on any atom is 0.234 e. The van der Waals surface area contributed by atoms with Gasteiger partial charge in [0.05, 0.1) is 13.2 Å². The van der Waals surface area contributed by atoms with Crippen molar-refractivity contribution in [3.63, 3.8) is 0 Å². The Morgan fingerprint density at radius 3 is 2.68 bits per heavy atom. The molecule has 138 valence electrons. The van der Waals surface area contributed by atoms with E-state index < -0.39 is 0 Å². The highest BCUT2D eigenvalue weighted by Gasteiger charge is 2.34. The van der Waals surface area contributed by atoms with E-state index in [-0.39, 0.29) is 11.9 Å². The van der Waals surface area contributed by atoms with Crippen molar-refractivity contribution in [2.24, 2.45) is 11.8 Å². The van der Waals surface area contributed by atoms with Crippen LogP contribution >= 0.6 is 0 Å². The number of ether oxygens (including phenoxy) is 2. The highest BCUT2D eigenvalue weighted by molar-refractivity contribution is 5.78. The Morgan fingerprint density at radius 1 is 1.20 bits per heavy atom. The number of carbonyl (C=O) groups is 1. The second kappa shape index (κ2) is 9.27. The average Bonchev–Trinajstić information content (AvgIpc) is 2.63. The molecule has 0 spiro atoms. The molecule has 6 heteroatoms. The number of nitrogens with one attached hydrogen (secondary N) is 1. The Bertz CT molecular complexity index is 534. The molecule has 0 unspecified atom stereocenters. The Morgan fingerprint density at radius 2 is 1.92 bits per heavy atom. The molecule has 2 aliphatic heterocycles. The third-order valence-electron chi connectivity index (χ3n) is 5.23. The fourth-order valence-corrected chi connectivity index (χ4v) is 3.90. The minimum Gasteiger partial charge on any atom is -0.381 e. The largest absolute Gasteiger partial charge is 0.381 e. The molecule has 2 atom stereocenters. The maximum atomic E-state index is 12.5. The van der Waals surface area contributed by atoms with Gasteiger partial charge in [-0.05, 0) is 49.9 Å². The Hall–Kier alpha value is -1.50. The van der Waals surface area contributed by atoms with E-state index in [2.05, 4.69) is 10.3 Å². The van der Waals surface area contributed by atoms with E-state index in [1.807, 2.05) is 24.1 Å². The average molecular weight is 347 g/mol. The molecule has 2 saturated heterocycles. The van der Waals surface area contributed by atoms with Gasteiger partial charge in [-0.2, -0.15) is 0 Å². The van der Waals surface area contributed by atoms with Crippen LogP contribution < -0.4 is 5.32 Å². The molecule has 1 aromatic rings. The van der Waals surface area contributed by atoms with Gasteiger partial charge in [0.25, 0.3) is 0 Å². The number of rotatable bonds is 6. The first-order valence-corrected chi connectivity index (χ1v) is 9.24. The van der Waals surface area contributed by atoms with Crippen LogP contribution in [0, 0.1) is 11.8 Å².